The van der Waals surface area contributed by atoms with E-state index in [0.29, 0.717) is 28.2 Å². The first kappa shape index (κ1) is 19.1. The van der Waals surface area contributed by atoms with Crippen molar-refractivity contribution in [1.29, 1.82) is 0 Å². The van der Waals surface area contributed by atoms with Crippen LogP contribution in [0.3, 0.4) is 0 Å². The molecule has 1 aromatic carbocycles. The fourth-order valence-corrected chi connectivity index (χ4v) is 5.21. The molecule has 0 radical (unpaired) electrons. The maximum Gasteiger partial charge on any atom is 0.270 e. The van der Waals surface area contributed by atoms with Gasteiger partial charge in [0.2, 0.25) is 0 Å². The molecule has 3 aromatic heterocycles. The number of nitrogens with one attached hydrogen (secondary N) is 2. The highest BCUT2D eigenvalue weighted by molar-refractivity contribution is 7.93. The van der Waals surface area contributed by atoms with Gasteiger partial charge in [-0.05, 0) is 42.8 Å². The van der Waals surface area contributed by atoms with E-state index in [1.54, 1.807) is 31.2 Å². The van der Waals surface area contributed by atoms with Crippen LogP contribution in [0, 0.1) is 5.82 Å². The number of aromatic amines is 1. The van der Waals surface area contributed by atoms with E-state index in [0.717, 1.165) is 10.4 Å². The lowest BCUT2D eigenvalue weighted by Crippen LogP contribution is -2.40. The number of hydrogen-bond acceptors (Lipinski definition) is 7. The molecule has 9 nitrogen and oxygen atoms in total. The Labute approximate surface area is 176 Å². The molecule has 1 aliphatic rings. The van der Waals surface area contributed by atoms with Gasteiger partial charge in [0, 0.05) is 6.20 Å². The number of nitrogens with zero attached hydrogens (tertiary/aromatic N) is 5. The zero-order valence-electron chi connectivity index (χ0n) is 16.2. The minimum atomic E-state index is -4.11. The minimum Gasteiger partial charge on any atom is -0.360 e. The Bertz CT molecular complexity index is 1420. The summed E-state index contributed by atoms with van der Waals surface area (Å²) in [6.45, 7) is 1.80. The Balaban J connectivity index is 1.65. The van der Waals surface area contributed by atoms with E-state index in [1.165, 1.54) is 31.0 Å². The van der Waals surface area contributed by atoms with Crippen LogP contribution in [0.2, 0.25) is 0 Å². The highest BCUT2D eigenvalue weighted by Gasteiger charge is 2.37. The molecule has 0 fully saturated rings. The van der Waals surface area contributed by atoms with E-state index in [-0.39, 0.29) is 10.7 Å². The number of aromatic nitrogens is 5. The number of fused-ring (bicyclic) bond motifs is 2. The molecule has 2 N–H and O–H groups in total. The smallest absolute Gasteiger partial charge is 0.270 e. The lowest BCUT2D eigenvalue weighted by Gasteiger charge is -2.33. The van der Waals surface area contributed by atoms with E-state index in [1.807, 2.05) is 0 Å². The Morgan fingerprint density at radius 1 is 1.13 bits per heavy atom. The number of benzene rings is 1. The Hall–Kier alpha value is -3.86. The van der Waals surface area contributed by atoms with Crippen LogP contribution < -0.4 is 9.62 Å². The van der Waals surface area contributed by atoms with Gasteiger partial charge < -0.3 is 10.3 Å². The number of pyridine rings is 1. The molecule has 0 saturated carbocycles. The van der Waals surface area contributed by atoms with E-state index in [2.05, 4.69) is 30.2 Å². The van der Waals surface area contributed by atoms with Crippen molar-refractivity contribution in [2.45, 2.75) is 17.9 Å². The summed E-state index contributed by atoms with van der Waals surface area (Å²) in [5.41, 5.74) is 1.88. The topological polar surface area (TPSA) is 117 Å². The molecule has 1 atom stereocenters. The van der Waals surface area contributed by atoms with Crippen molar-refractivity contribution in [1.82, 2.24) is 24.9 Å². The summed E-state index contributed by atoms with van der Waals surface area (Å²) in [4.78, 5) is 19.6. The van der Waals surface area contributed by atoms with Crippen LogP contribution in [0.5, 0.6) is 0 Å². The van der Waals surface area contributed by atoms with E-state index in [9.17, 15) is 12.8 Å². The van der Waals surface area contributed by atoms with Crippen LogP contribution in [-0.2, 0) is 10.0 Å². The first-order valence-electron chi connectivity index (χ1n) is 9.33. The second-order valence-electron chi connectivity index (χ2n) is 6.90. The summed E-state index contributed by atoms with van der Waals surface area (Å²) in [7, 11) is -4.11. The predicted molar refractivity (Wildman–Crippen MR) is 113 cm³/mol. The minimum absolute atomic E-state index is 0.120. The molecule has 0 amide bonds. The average Bonchev–Trinajstić information content (AvgIpc) is 3.24. The number of rotatable bonds is 4. The molecule has 0 bridgehead atoms. The Morgan fingerprint density at radius 3 is 2.81 bits per heavy atom. The number of halogens is 1. The molecule has 1 aliphatic heterocycles. The zero-order chi connectivity index (χ0) is 21.6. The third-order valence-corrected chi connectivity index (χ3v) is 6.69. The van der Waals surface area contributed by atoms with Gasteiger partial charge in [-0.2, -0.15) is 0 Å². The molecule has 4 aromatic rings. The molecule has 0 spiro atoms. The van der Waals surface area contributed by atoms with Crippen LogP contribution in [-0.4, -0.2) is 39.4 Å². The van der Waals surface area contributed by atoms with Gasteiger partial charge >= 0.3 is 0 Å². The zero-order valence-corrected chi connectivity index (χ0v) is 17.0. The second kappa shape index (κ2) is 7.13. The quantitative estimate of drug-likeness (QED) is 0.504. The summed E-state index contributed by atoms with van der Waals surface area (Å²) < 4.78 is 42.0. The van der Waals surface area contributed by atoms with Crippen molar-refractivity contribution in [3.05, 3.63) is 72.3 Å². The molecular formula is C20H16FN7O2S. The van der Waals surface area contributed by atoms with Crippen LogP contribution in [0.25, 0.3) is 17.2 Å². The highest BCUT2D eigenvalue weighted by Crippen LogP contribution is 2.36. The van der Waals surface area contributed by atoms with Crippen molar-refractivity contribution in [3.63, 3.8) is 0 Å². The van der Waals surface area contributed by atoms with Gasteiger partial charge in [0.05, 0.1) is 23.0 Å². The second-order valence-corrected chi connectivity index (χ2v) is 8.65. The van der Waals surface area contributed by atoms with Gasteiger partial charge in [0.25, 0.3) is 10.0 Å². The van der Waals surface area contributed by atoms with Gasteiger partial charge in [-0.15, -0.1) is 0 Å². The molecule has 11 heteroatoms. The number of imidazole rings is 1. The molecular weight excluding hydrogens is 421 g/mol. The van der Waals surface area contributed by atoms with Gasteiger partial charge in [0.1, 0.15) is 23.5 Å². The van der Waals surface area contributed by atoms with E-state index < -0.39 is 21.9 Å². The van der Waals surface area contributed by atoms with Gasteiger partial charge in [-0.3, -0.25) is 0 Å². The first-order chi connectivity index (χ1) is 14.9. The van der Waals surface area contributed by atoms with E-state index in [4.69, 9.17) is 0 Å². The summed E-state index contributed by atoms with van der Waals surface area (Å²) in [5, 5.41) is 3.21. The third-order valence-electron chi connectivity index (χ3n) is 4.90. The van der Waals surface area contributed by atoms with Crippen molar-refractivity contribution < 1.29 is 12.8 Å². The Morgan fingerprint density at radius 2 is 2.00 bits per heavy atom. The van der Waals surface area contributed by atoms with Crippen LogP contribution in [0.4, 0.5) is 16.0 Å². The maximum atomic E-state index is 13.9. The molecule has 0 saturated heterocycles. The molecule has 4 heterocycles. The fourth-order valence-electron chi connectivity index (χ4n) is 3.49. The van der Waals surface area contributed by atoms with Crippen LogP contribution in [0.15, 0.2) is 65.8 Å². The molecule has 31 heavy (non-hydrogen) atoms. The number of anilines is 2. The lowest BCUT2D eigenvalue weighted by atomic mass is 10.1. The largest absolute Gasteiger partial charge is 0.360 e. The normalized spacial score (nSPS) is 15.9. The average molecular weight is 437 g/mol. The standard InChI is InChI=1S/C20H16FN7O2S/c1-12(27-20-18-19(24-10-23-18)25-11-26-20)15-8-13-5-6-14(21)9-16(13)31(29,30)28(15)17-4-2-3-7-22-17/h2-12H,1H3,(H2,23,24,25,26,27). The summed E-state index contributed by atoms with van der Waals surface area (Å²) >= 11 is 0. The van der Waals surface area contributed by atoms with E-state index >= 15 is 0 Å². The van der Waals surface area contributed by atoms with Crippen LogP contribution in [0.1, 0.15) is 12.5 Å². The maximum absolute atomic E-state index is 13.9. The summed E-state index contributed by atoms with van der Waals surface area (Å²) in [6, 6.07) is 8.13. The highest BCUT2D eigenvalue weighted by atomic mass is 32.2. The van der Waals surface area contributed by atoms with Crippen molar-refractivity contribution >= 4 is 38.9 Å². The number of sulfonamides is 1. The van der Waals surface area contributed by atoms with Crippen molar-refractivity contribution in [2.24, 2.45) is 0 Å². The van der Waals surface area contributed by atoms with Crippen molar-refractivity contribution in [2.75, 3.05) is 9.62 Å². The molecule has 1 unspecified atom stereocenters. The molecule has 0 aliphatic carbocycles. The van der Waals surface area contributed by atoms with Crippen LogP contribution >= 0.6 is 0 Å². The first-order valence-corrected chi connectivity index (χ1v) is 10.8. The molecule has 5 rings (SSSR count). The summed E-state index contributed by atoms with van der Waals surface area (Å²) in [5.74, 6) is 0.0149. The van der Waals surface area contributed by atoms with Gasteiger partial charge in [-0.25, -0.2) is 37.0 Å². The van der Waals surface area contributed by atoms with Gasteiger partial charge in [0.15, 0.2) is 11.5 Å². The third kappa shape index (κ3) is 3.19. The fraction of sp³-hybridized carbons (Fsp3) is 0.100. The van der Waals surface area contributed by atoms with Gasteiger partial charge in [-0.1, -0.05) is 12.1 Å². The number of H-pyrrole nitrogens is 1. The van der Waals surface area contributed by atoms with Crippen molar-refractivity contribution in [3.8, 4) is 0 Å². The summed E-state index contributed by atoms with van der Waals surface area (Å²) in [6.07, 6.45) is 6.09. The number of hydrogen-bond donors (Lipinski definition) is 2. The SMILES string of the molecule is CC(Nc1ncnc2[nH]cnc12)C1=Cc2ccc(F)cc2S(=O)(=O)N1c1ccccn1. The monoisotopic (exact) mass is 437 g/mol. The predicted octanol–water partition coefficient (Wildman–Crippen LogP) is 2.94. The lowest BCUT2D eigenvalue weighted by molar-refractivity contribution is 0.586. The molecule has 156 valence electrons. The Kier molecular flexibility index (Phi) is 4.40.